The van der Waals surface area contributed by atoms with Gasteiger partial charge in [0.25, 0.3) is 0 Å². The average molecular weight is 360 g/mol. The van der Waals surface area contributed by atoms with Gasteiger partial charge in [0, 0.05) is 49.0 Å². The molecule has 0 amide bonds. The molecule has 2 aromatic carbocycles. The molecule has 0 spiro atoms. The lowest BCUT2D eigenvalue weighted by Crippen LogP contribution is -2.34. The third kappa shape index (κ3) is 3.46. The van der Waals surface area contributed by atoms with Crippen molar-refractivity contribution in [3.05, 3.63) is 65.7 Å². The van der Waals surface area contributed by atoms with Crippen LogP contribution < -0.4 is 0 Å². The highest BCUT2D eigenvalue weighted by Crippen LogP contribution is 2.31. The van der Waals surface area contributed by atoms with E-state index >= 15 is 0 Å². The van der Waals surface area contributed by atoms with Crippen molar-refractivity contribution in [2.75, 3.05) is 13.1 Å². The second kappa shape index (κ2) is 7.29. The molecule has 1 saturated heterocycles. The molecule has 5 heteroatoms. The van der Waals surface area contributed by atoms with Crippen LogP contribution in [0.25, 0.3) is 22.2 Å². The highest BCUT2D eigenvalue weighted by molar-refractivity contribution is 6.05. The third-order valence-electron chi connectivity index (χ3n) is 5.05. The summed E-state index contributed by atoms with van der Waals surface area (Å²) in [6.07, 6.45) is 1.04. The average Bonchev–Trinajstić information content (AvgIpc) is 2.69. The van der Waals surface area contributed by atoms with E-state index in [0.717, 1.165) is 5.56 Å². The molecule has 136 valence electrons. The molecule has 1 fully saturated rings. The number of ketones is 1. The maximum atomic E-state index is 12.2. The number of nitrogens with zero attached hydrogens (tertiary/aromatic N) is 2. The number of carbonyl (C=O) groups is 2. The molecule has 1 N–H and O–H groups in total. The minimum Gasteiger partial charge on any atom is -0.478 e. The maximum Gasteiger partial charge on any atom is 0.336 e. The monoisotopic (exact) mass is 360 g/mol. The molecule has 0 bridgehead atoms. The second-order valence-electron chi connectivity index (χ2n) is 6.82. The van der Waals surface area contributed by atoms with Gasteiger partial charge in [-0.15, -0.1) is 0 Å². The Balaban J connectivity index is 1.91. The molecule has 0 unspecified atom stereocenters. The number of aromatic nitrogens is 1. The van der Waals surface area contributed by atoms with Crippen molar-refractivity contribution in [1.29, 1.82) is 0 Å². The number of carbonyl (C=O) groups excluding carboxylic acids is 1. The first-order chi connectivity index (χ1) is 13.1. The van der Waals surface area contributed by atoms with E-state index < -0.39 is 5.97 Å². The van der Waals surface area contributed by atoms with E-state index in [1.807, 2.05) is 54.6 Å². The number of hydrogen-bond acceptors (Lipinski definition) is 4. The van der Waals surface area contributed by atoms with Crippen LogP contribution >= 0.6 is 0 Å². The molecular formula is C22H20N2O3. The highest BCUT2D eigenvalue weighted by Gasteiger charge is 2.24. The molecule has 4 rings (SSSR count). The molecule has 0 aliphatic carbocycles. The maximum absolute atomic E-state index is 12.2. The van der Waals surface area contributed by atoms with E-state index in [4.69, 9.17) is 4.98 Å². The first-order valence-corrected chi connectivity index (χ1v) is 9.08. The molecule has 2 heterocycles. The Labute approximate surface area is 157 Å². The van der Waals surface area contributed by atoms with Crippen LogP contribution in [0, 0.1) is 0 Å². The van der Waals surface area contributed by atoms with E-state index in [9.17, 15) is 14.7 Å². The largest absolute Gasteiger partial charge is 0.478 e. The number of benzene rings is 2. The summed E-state index contributed by atoms with van der Waals surface area (Å²) in [4.78, 5) is 30.7. The molecule has 0 atom stereocenters. The Morgan fingerprint density at radius 3 is 2.37 bits per heavy atom. The van der Waals surface area contributed by atoms with Gasteiger partial charge in [0.05, 0.1) is 16.8 Å². The molecule has 1 aliphatic heterocycles. The summed E-state index contributed by atoms with van der Waals surface area (Å²) >= 11 is 0. The van der Waals surface area contributed by atoms with Crippen LogP contribution in [-0.2, 0) is 11.3 Å². The number of rotatable bonds is 4. The quantitative estimate of drug-likeness (QED) is 0.767. The number of pyridine rings is 1. The fraction of sp³-hybridized carbons (Fsp3) is 0.227. The number of hydrogen-bond donors (Lipinski definition) is 1. The van der Waals surface area contributed by atoms with Crippen LogP contribution in [0.1, 0.15) is 28.8 Å². The summed E-state index contributed by atoms with van der Waals surface area (Å²) < 4.78 is 0. The van der Waals surface area contributed by atoms with Crippen LogP contribution in [0.4, 0.5) is 0 Å². The van der Waals surface area contributed by atoms with Crippen molar-refractivity contribution in [3.8, 4) is 11.3 Å². The summed E-state index contributed by atoms with van der Waals surface area (Å²) in [6, 6.07) is 17.0. The topological polar surface area (TPSA) is 70.5 Å². The molecular weight excluding hydrogens is 340 g/mol. The molecule has 3 aromatic rings. The minimum atomic E-state index is -0.950. The Morgan fingerprint density at radius 2 is 1.67 bits per heavy atom. The molecule has 0 saturated carbocycles. The Bertz CT molecular complexity index is 1000. The molecule has 27 heavy (non-hydrogen) atoms. The van der Waals surface area contributed by atoms with Crippen molar-refractivity contribution in [2.45, 2.75) is 19.4 Å². The van der Waals surface area contributed by atoms with E-state index in [2.05, 4.69) is 4.90 Å². The molecule has 0 radical (unpaired) electrons. The van der Waals surface area contributed by atoms with Crippen LogP contribution in [-0.4, -0.2) is 39.8 Å². The summed E-state index contributed by atoms with van der Waals surface area (Å²) in [5.41, 5.74) is 3.28. The van der Waals surface area contributed by atoms with Gasteiger partial charge in [-0.2, -0.15) is 0 Å². The minimum absolute atomic E-state index is 0.268. The van der Waals surface area contributed by atoms with Gasteiger partial charge in [0.1, 0.15) is 5.78 Å². The molecule has 1 aliphatic rings. The highest BCUT2D eigenvalue weighted by atomic mass is 16.4. The Morgan fingerprint density at radius 1 is 1.00 bits per heavy atom. The fourth-order valence-electron chi connectivity index (χ4n) is 3.67. The zero-order chi connectivity index (χ0) is 18.8. The lowest BCUT2D eigenvalue weighted by atomic mass is 9.95. The Hall–Kier alpha value is -3.05. The normalized spacial score (nSPS) is 15.2. The SMILES string of the molecule is O=C1CCN(Cc2c(-c3ccccc3)nc3ccccc3c2C(=O)O)CC1. The van der Waals surface area contributed by atoms with Crippen molar-refractivity contribution < 1.29 is 14.7 Å². The van der Waals surface area contributed by atoms with Gasteiger partial charge in [-0.3, -0.25) is 9.69 Å². The van der Waals surface area contributed by atoms with Crippen LogP contribution in [0.2, 0.25) is 0 Å². The van der Waals surface area contributed by atoms with Crippen LogP contribution in [0.5, 0.6) is 0 Å². The smallest absolute Gasteiger partial charge is 0.336 e. The van der Waals surface area contributed by atoms with Crippen molar-refractivity contribution >= 4 is 22.7 Å². The van der Waals surface area contributed by atoms with Crippen LogP contribution in [0.3, 0.4) is 0 Å². The summed E-state index contributed by atoms with van der Waals surface area (Å²) in [5.74, 6) is -0.682. The van der Waals surface area contributed by atoms with Gasteiger partial charge < -0.3 is 5.11 Å². The number of carboxylic acids is 1. The zero-order valence-corrected chi connectivity index (χ0v) is 14.9. The van der Waals surface area contributed by atoms with Gasteiger partial charge in [0.15, 0.2) is 0 Å². The summed E-state index contributed by atoms with van der Waals surface area (Å²) in [7, 11) is 0. The lowest BCUT2D eigenvalue weighted by molar-refractivity contribution is -0.121. The van der Waals surface area contributed by atoms with E-state index in [1.165, 1.54) is 0 Å². The van der Waals surface area contributed by atoms with E-state index in [0.29, 0.717) is 60.2 Å². The number of piperidine rings is 1. The number of fused-ring (bicyclic) bond motifs is 1. The van der Waals surface area contributed by atoms with Crippen molar-refractivity contribution in [1.82, 2.24) is 9.88 Å². The third-order valence-corrected chi connectivity index (χ3v) is 5.05. The summed E-state index contributed by atoms with van der Waals surface area (Å²) in [6.45, 7) is 1.77. The first-order valence-electron chi connectivity index (χ1n) is 9.08. The van der Waals surface area contributed by atoms with Crippen molar-refractivity contribution in [2.24, 2.45) is 0 Å². The van der Waals surface area contributed by atoms with Crippen LogP contribution in [0.15, 0.2) is 54.6 Å². The van der Waals surface area contributed by atoms with Crippen molar-refractivity contribution in [3.63, 3.8) is 0 Å². The van der Waals surface area contributed by atoms with Gasteiger partial charge in [-0.05, 0) is 6.07 Å². The number of carboxylic acid groups (broad SMARTS) is 1. The van der Waals surface area contributed by atoms with E-state index in [1.54, 1.807) is 0 Å². The predicted octanol–water partition coefficient (Wildman–Crippen LogP) is 3.76. The first kappa shape index (κ1) is 17.4. The predicted molar refractivity (Wildman–Crippen MR) is 104 cm³/mol. The lowest BCUT2D eigenvalue weighted by Gasteiger charge is -2.27. The number of para-hydroxylation sites is 1. The molecule has 5 nitrogen and oxygen atoms in total. The number of Topliss-reactive ketones (excluding diaryl/α,β-unsaturated/α-hetero) is 1. The van der Waals surface area contributed by atoms with E-state index in [-0.39, 0.29) is 5.78 Å². The number of likely N-dealkylation sites (tertiary alicyclic amines) is 1. The standard InChI is InChI=1S/C22H20N2O3/c25-16-10-12-24(13-11-16)14-18-20(22(26)27)17-8-4-5-9-19(17)23-21(18)15-6-2-1-3-7-15/h1-9H,10-14H2,(H,26,27). The van der Waals surface area contributed by atoms with Gasteiger partial charge in [-0.1, -0.05) is 48.5 Å². The number of aromatic carboxylic acids is 1. The zero-order valence-electron chi connectivity index (χ0n) is 14.9. The van der Waals surface area contributed by atoms with Gasteiger partial charge in [0.2, 0.25) is 0 Å². The van der Waals surface area contributed by atoms with Gasteiger partial charge >= 0.3 is 5.97 Å². The molecule has 1 aromatic heterocycles. The Kier molecular flexibility index (Phi) is 4.69. The fourth-order valence-corrected chi connectivity index (χ4v) is 3.67. The summed E-state index contributed by atoms with van der Waals surface area (Å²) in [5, 5.41) is 10.7. The second-order valence-corrected chi connectivity index (χ2v) is 6.82. The van der Waals surface area contributed by atoms with Gasteiger partial charge in [-0.25, -0.2) is 9.78 Å².